The summed E-state index contributed by atoms with van der Waals surface area (Å²) < 4.78 is 11.1. The number of thiocarbonyl (C=S) groups is 1. The highest BCUT2D eigenvalue weighted by molar-refractivity contribution is 7.80. The summed E-state index contributed by atoms with van der Waals surface area (Å²) in [6.07, 6.45) is 0.865. The normalized spacial score (nSPS) is 10.0. The predicted octanol–water partition coefficient (Wildman–Crippen LogP) is 4.00. The van der Waals surface area contributed by atoms with Crippen molar-refractivity contribution < 1.29 is 14.3 Å². The first kappa shape index (κ1) is 18.7. The van der Waals surface area contributed by atoms with Crippen molar-refractivity contribution in [1.82, 2.24) is 5.32 Å². The highest BCUT2D eigenvalue weighted by atomic mass is 32.1. The standard InChI is InChI=1S/C19H22N2O3S/c1-3-13-24-16-11-7-5-9-14(16)18(22)21-19(25)20-15-10-6-8-12-17(15)23-4-2/h5-12H,3-4,13H2,1-2H3,(H2,20,21,22,25). The Morgan fingerprint density at radius 1 is 1.00 bits per heavy atom. The van der Waals surface area contributed by atoms with Crippen molar-refractivity contribution in [1.29, 1.82) is 0 Å². The van der Waals surface area contributed by atoms with Gasteiger partial charge in [-0.25, -0.2) is 0 Å². The van der Waals surface area contributed by atoms with Crippen LogP contribution in [0, 0.1) is 0 Å². The van der Waals surface area contributed by atoms with Gasteiger partial charge >= 0.3 is 0 Å². The first-order chi connectivity index (χ1) is 12.2. The van der Waals surface area contributed by atoms with Crippen molar-refractivity contribution in [2.24, 2.45) is 0 Å². The minimum Gasteiger partial charge on any atom is -0.493 e. The minimum absolute atomic E-state index is 0.197. The molecule has 0 unspecified atom stereocenters. The number of anilines is 1. The van der Waals surface area contributed by atoms with Gasteiger partial charge < -0.3 is 14.8 Å². The fourth-order valence-electron chi connectivity index (χ4n) is 2.17. The quantitative estimate of drug-likeness (QED) is 0.733. The molecule has 0 aromatic heterocycles. The lowest BCUT2D eigenvalue weighted by molar-refractivity contribution is 0.0973. The number of benzene rings is 2. The van der Waals surface area contributed by atoms with Crippen LogP contribution in [0.3, 0.4) is 0 Å². The van der Waals surface area contributed by atoms with E-state index in [4.69, 9.17) is 21.7 Å². The van der Waals surface area contributed by atoms with Gasteiger partial charge in [0.15, 0.2) is 5.11 Å². The van der Waals surface area contributed by atoms with Crippen molar-refractivity contribution in [2.45, 2.75) is 20.3 Å². The highest BCUT2D eigenvalue weighted by Crippen LogP contribution is 2.23. The van der Waals surface area contributed by atoms with E-state index in [9.17, 15) is 4.79 Å². The van der Waals surface area contributed by atoms with Gasteiger partial charge in [-0.2, -0.15) is 0 Å². The summed E-state index contributed by atoms with van der Waals surface area (Å²) >= 11 is 5.25. The maximum Gasteiger partial charge on any atom is 0.261 e. The number of carbonyl (C=O) groups excluding carboxylic acids is 1. The zero-order valence-electron chi connectivity index (χ0n) is 14.4. The topological polar surface area (TPSA) is 59.6 Å². The molecule has 5 nitrogen and oxygen atoms in total. The summed E-state index contributed by atoms with van der Waals surface area (Å²) in [5, 5.41) is 5.87. The molecule has 2 N–H and O–H groups in total. The third-order valence-corrected chi connectivity index (χ3v) is 3.46. The van der Waals surface area contributed by atoms with Gasteiger partial charge in [0.25, 0.3) is 5.91 Å². The number of carbonyl (C=O) groups is 1. The average Bonchev–Trinajstić information content (AvgIpc) is 2.62. The number of ether oxygens (including phenoxy) is 2. The summed E-state index contributed by atoms with van der Waals surface area (Å²) in [6, 6.07) is 14.5. The fraction of sp³-hybridized carbons (Fsp3) is 0.263. The summed E-state index contributed by atoms with van der Waals surface area (Å²) in [5.74, 6) is 0.894. The Morgan fingerprint density at radius 3 is 2.40 bits per heavy atom. The van der Waals surface area contributed by atoms with Crippen molar-refractivity contribution in [3.8, 4) is 11.5 Å². The molecule has 0 radical (unpaired) electrons. The Bertz CT molecular complexity index is 734. The molecule has 0 aliphatic heterocycles. The molecule has 6 heteroatoms. The molecule has 132 valence electrons. The molecule has 1 amide bonds. The molecular weight excluding hydrogens is 336 g/mol. The summed E-state index contributed by atoms with van der Waals surface area (Å²) in [5.41, 5.74) is 1.14. The molecule has 0 atom stereocenters. The summed E-state index contributed by atoms with van der Waals surface area (Å²) in [6.45, 7) is 5.01. The van der Waals surface area contributed by atoms with Crippen LogP contribution in [0.25, 0.3) is 0 Å². The smallest absolute Gasteiger partial charge is 0.261 e. The van der Waals surface area contributed by atoms with Gasteiger partial charge in [-0.15, -0.1) is 0 Å². The average molecular weight is 358 g/mol. The van der Waals surface area contributed by atoms with Gasteiger partial charge in [0.05, 0.1) is 24.5 Å². The molecule has 0 spiro atoms. The molecule has 0 fully saturated rings. The first-order valence-electron chi connectivity index (χ1n) is 8.21. The molecule has 2 aromatic carbocycles. The van der Waals surface area contributed by atoms with Gasteiger partial charge in [-0.05, 0) is 49.8 Å². The molecule has 2 rings (SSSR count). The molecule has 0 aliphatic rings. The fourth-order valence-corrected chi connectivity index (χ4v) is 2.37. The lowest BCUT2D eigenvalue weighted by Crippen LogP contribution is -2.34. The van der Waals surface area contributed by atoms with Crippen molar-refractivity contribution in [3.05, 3.63) is 54.1 Å². The zero-order valence-corrected chi connectivity index (χ0v) is 15.2. The van der Waals surface area contributed by atoms with Crippen LogP contribution in [0.15, 0.2) is 48.5 Å². The van der Waals surface area contributed by atoms with Crippen LogP contribution in [-0.2, 0) is 0 Å². The Balaban J connectivity index is 2.05. The molecule has 25 heavy (non-hydrogen) atoms. The number of para-hydroxylation sites is 3. The van der Waals surface area contributed by atoms with E-state index in [0.717, 1.165) is 6.42 Å². The Morgan fingerprint density at radius 2 is 1.68 bits per heavy atom. The highest BCUT2D eigenvalue weighted by Gasteiger charge is 2.14. The van der Waals surface area contributed by atoms with Gasteiger partial charge in [-0.3, -0.25) is 10.1 Å². The van der Waals surface area contributed by atoms with E-state index in [-0.39, 0.29) is 11.0 Å². The number of hydrogen-bond acceptors (Lipinski definition) is 4. The molecule has 0 heterocycles. The van der Waals surface area contributed by atoms with Gasteiger partial charge in [-0.1, -0.05) is 31.2 Å². The van der Waals surface area contributed by atoms with E-state index in [2.05, 4.69) is 10.6 Å². The van der Waals surface area contributed by atoms with Gasteiger partial charge in [0, 0.05) is 0 Å². The molecule has 0 saturated carbocycles. The van der Waals surface area contributed by atoms with Gasteiger partial charge in [0.2, 0.25) is 0 Å². The van der Waals surface area contributed by atoms with E-state index in [0.29, 0.717) is 36.0 Å². The third-order valence-electron chi connectivity index (χ3n) is 3.26. The monoisotopic (exact) mass is 358 g/mol. The van der Waals surface area contributed by atoms with Crippen molar-refractivity contribution in [2.75, 3.05) is 18.5 Å². The van der Waals surface area contributed by atoms with Crippen LogP contribution in [-0.4, -0.2) is 24.2 Å². The van der Waals surface area contributed by atoms with Crippen LogP contribution >= 0.6 is 12.2 Å². The van der Waals surface area contributed by atoms with E-state index in [1.807, 2.05) is 44.2 Å². The predicted molar refractivity (Wildman–Crippen MR) is 104 cm³/mol. The van der Waals surface area contributed by atoms with Crippen molar-refractivity contribution in [3.63, 3.8) is 0 Å². The van der Waals surface area contributed by atoms with E-state index < -0.39 is 0 Å². The molecular formula is C19H22N2O3S. The number of amides is 1. The second kappa shape index (κ2) is 9.64. The Labute approximate surface area is 153 Å². The molecule has 0 saturated heterocycles. The first-order valence-corrected chi connectivity index (χ1v) is 8.62. The van der Waals surface area contributed by atoms with Gasteiger partial charge in [0.1, 0.15) is 11.5 Å². The number of nitrogens with one attached hydrogen (secondary N) is 2. The van der Waals surface area contributed by atoms with Crippen LogP contribution in [0.5, 0.6) is 11.5 Å². The van der Waals surface area contributed by atoms with Crippen LogP contribution in [0.4, 0.5) is 5.69 Å². The van der Waals surface area contributed by atoms with Crippen LogP contribution < -0.4 is 20.1 Å². The largest absolute Gasteiger partial charge is 0.493 e. The third kappa shape index (κ3) is 5.46. The lowest BCUT2D eigenvalue weighted by Gasteiger charge is -2.14. The summed E-state index contributed by atoms with van der Waals surface area (Å²) in [7, 11) is 0. The van der Waals surface area contributed by atoms with Crippen LogP contribution in [0.2, 0.25) is 0 Å². The Hall–Kier alpha value is -2.60. The molecule has 2 aromatic rings. The van der Waals surface area contributed by atoms with E-state index in [1.54, 1.807) is 18.2 Å². The van der Waals surface area contributed by atoms with Crippen LogP contribution in [0.1, 0.15) is 30.6 Å². The van der Waals surface area contributed by atoms with Crippen molar-refractivity contribution >= 4 is 28.9 Å². The van der Waals surface area contributed by atoms with E-state index >= 15 is 0 Å². The number of hydrogen-bond donors (Lipinski definition) is 2. The van der Waals surface area contributed by atoms with E-state index in [1.165, 1.54) is 0 Å². The second-order valence-corrected chi connectivity index (χ2v) is 5.59. The maximum atomic E-state index is 12.5. The summed E-state index contributed by atoms with van der Waals surface area (Å²) in [4.78, 5) is 12.5. The lowest BCUT2D eigenvalue weighted by atomic mass is 10.2. The minimum atomic E-state index is -0.321. The SMILES string of the molecule is CCCOc1ccccc1C(=O)NC(=S)Nc1ccccc1OCC. The Kier molecular flexibility index (Phi) is 7.22. The molecule has 0 aliphatic carbocycles. The maximum absolute atomic E-state index is 12.5. The zero-order chi connectivity index (χ0) is 18.1. The second-order valence-electron chi connectivity index (χ2n) is 5.18. The molecule has 0 bridgehead atoms. The number of rotatable bonds is 7.